The molecular formula is C15H17N3OS. The molecule has 1 aromatic heterocycles. The lowest BCUT2D eigenvalue weighted by atomic mass is 10.1. The van der Waals surface area contributed by atoms with E-state index in [1.807, 2.05) is 0 Å². The minimum Gasteiger partial charge on any atom is -0.350 e. The van der Waals surface area contributed by atoms with Crippen molar-refractivity contribution >= 4 is 17.7 Å². The monoisotopic (exact) mass is 287 g/mol. The number of amides is 1. The minimum absolute atomic E-state index is 0.0464. The summed E-state index contributed by atoms with van der Waals surface area (Å²) in [5.74, 6) is 0.498. The number of nitrogens with zero attached hydrogens (tertiary/aromatic N) is 1. The summed E-state index contributed by atoms with van der Waals surface area (Å²) >= 11 is 1.59. The Balaban J connectivity index is 1.48. The Morgan fingerprint density at radius 2 is 2.25 bits per heavy atom. The van der Waals surface area contributed by atoms with E-state index in [1.165, 1.54) is 35.3 Å². The second kappa shape index (κ2) is 6.13. The van der Waals surface area contributed by atoms with Crippen LogP contribution in [-0.2, 0) is 24.2 Å². The fourth-order valence-electron chi connectivity index (χ4n) is 2.41. The third kappa shape index (κ3) is 3.22. The normalized spacial score (nSPS) is 13.2. The first kappa shape index (κ1) is 13.2. The molecule has 1 aromatic carbocycles. The van der Waals surface area contributed by atoms with Crippen molar-refractivity contribution in [3.63, 3.8) is 0 Å². The van der Waals surface area contributed by atoms with Gasteiger partial charge in [-0.25, -0.2) is 4.98 Å². The largest absolute Gasteiger partial charge is 0.350 e. The SMILES string of the molecule is O=C(CSc1ccc2c(c1)CCC2)NCc1cnc[nH]1. The second-order valence-corrected chi connectivity index (χ2v) is 5.98. The molecule has 3 rings (SSSR count). The van der Waals surface area contributed by atoms with Gasteiger partial charge in [0.2, 0.25) is 5.91 Å². The van der Waals surface area contributed by atoms with E-state index in [9.17, 15) is 4.79 Å². The number of benzene rings is 1. The predicted octanol–water partition coefficient (Wildman–Crippen LogP) is 2.31. The van der Waals surface area contributed by atoms with Crippen LogP contribution in [0.15, 0.2) is 35.6 Å². The van der Waals surface area contributed by atoms with Crippen LogP contribution < -0.4 is 5.32 Å². The molecule has 2 N–H and O–H groups in total. The van der Waals surface area contributed by atoms with Crippen molar-refractivity contribution in [3.8, 4) is 0 Å². The molecule has 0 saturated carbocycles. The number of imidazole rings is 1. The molecule has 0 atom stereocenters. The molecular weight excluding hydrogens is 270 g/mol. The smallest absolute Gasteiger partial charge is 0.230 e. The lowest BCUT2D eigenvalue weighted by Crippen LogP contribution is -2.24. The Hall–Kier alpha value is -1.75. The van der Waals surface area contributed by atoms with Gasteiger partial charge in [0.25, 0.3) is 0 Å². The van der Waals surface area contributed by atoms with Crippen LogP contribution in [0.5, 0.6) is 0 Å². The van der Waals surface area contributed by atoms with Gasteiger partial charge in [-0.3, -0.25) is 4.79 Å². The van der Waals surface area contributed by atoms with E-state index in [4.69, 9.17) is 0 Å². The maximum atomic E-state index is 11.8. The number of carbonyl (C=O) groups excluding carboxylic acids is 1. The zero-order valence-electron chi connectivity index (χ0n) is 11.2. The molecule has 104 valence electrons. The third-order valence-electron chi connectivity index (χ3n) is 3.47. The van der Waals surface area contributed by atoms with Crippen LogP contribution in [0.1, 0.15) is 23.2 Å². The summed E-state index contributed by atoms with van der Waals surface area (Å²) in [6.45, 7) is 0.504. The summed E-state index contributed by atoms with van der Waals surface area (Å²) in [6, 6.07) is 6.55. The summed E-state index contributed by atoms with van der Waals surface area (Å²) < 4.78 is 0. The van der Waals surface area contributed by atoms with Crippen molar-refractivity contribution in [2.24, 2.45) is 0 Å². The number of aromatic amines is 1. The van der Waals surface area contributed by atoms with Gasteiger partial charge in [0.1, 0.15) is 0 Å². The number of aromatic nitrogens is 2. The summed E-state index contributed by atoms with van der Waals surface area (Å²) in [4.78, 5) is 19.8. The lowest BCUT2D eigenvalue weighted by Gasteiger charge is -2.06. The van der Waals surface area contributed by atoms with Crippen LogP contribution >= 0.6 is 11.8 Å². The number of carbonyl (C=O) groups is 1. The van der Waals surface area contributed by atoms with Crippen molar-refractivity contribution in [2.45, 2.75) is 30.7 Å². The molecule has 0 fully saturated rings. The van der Waals surface area contributed by atoms with E-state index < -0.39 is 0 Å². The first-order chi connectivity index (χ1) is 9.81. The molecule has 1 amide bonds. The lowest BCUT2D eigenvalue weighted by molar-refractivity contribution is -0.118. The fourth-order valence-corrected chi connectivity index (χ4v) is 3.20. The Morgan fingerprint density at radius 3 is 3.10 bits per heavy atom. The molecule has 2 aromatic rings. The van der Waals surface area contributed by atoms with Gasteiger partial charge in [-0.1, -0.05) is 6.07 Å². The Morgan fingerprint density at radius 1 is 1.35 bits per heavy atom. The van der Waals surface area contributed by atoms with Gasteiger partial charge in [0, 0.05) is 11.1 Å². The van der Waals surface area contributed by atoms with E-state index >= 15 is 0 Å². The number of hydrogen-bond acceptors (Lipinski definition) is 3. The van der Waals surface area contributed by atoms with Crippen LogP contribution in [0.2, 0.25) is 0 Å². The maximum absolute atomic E-state index is 11.8. The molecule has 1 aliphatic carbocycles. The number of fused-ring (bicyclic) bond motifs is 1. The number of aryl methyl sites for hydroxylation is 2. The van der Waals surface area contributed by atoms with E-state index in [1.54, 1.807) is 24.3 Å². The molecule has 1 aliphatic rings. The van der Waals surface area contributed by atoms with Crippen molar-refractivity contribution in [2.75, 3.05) is 5.75 Å². The Kier molecular flexibility index (Phi) is 4.06. The number of hydrogen-bond donors (Lipinski definition) is 2. The molecule has 0 bridgehead atoms. The van der Waals surface area contributed by atoms with Crippen molar-refractivity contribution < 1.29 is 4.79 Å². The molecule has 0 aliphatic heterocycles. The maximum Gasteiger partial charge on any atom is 0.230 e. The molecule has 20 heavy (non-hydrogen) atoms. The van der Waals surface area contributed by atoms with Crippen molar-refractivity contribution in [1.29, 1.82) is 0 Å². The van der Waals surface area contributed by atoms with Gasteiger partial charge in [0.15, 0.2) is 0 Å². The molecule has 0 spiro atoms. The molecule has 0 radical (unpaired) electrons. The highest BCUT2D eigenvalue weighted by Gasteiger charge is 2.11. The number of rotatable bonds is 5. The van der Waals surface area contributed by atoms with Gasteiger partial charge >= 0.3 is 0 Å². The van der Waals surface area contributed by atoms with Crippen LogP contribution in [0.25, 0.3) is 0 Å². The fraction of sp³-hybridized carbons (Fsp3) is 0.333. The van der Waals surface area contributed by atoms with E-state index in [2.05, 4.69) is 33.5 Å². The van der Waals surface area contributed by atoms with E-state index in [-0.39, 0.29) is 5.91 Å². The highest BCUT2D eigenvalue weighted by atomic mass is 32.2. The van der Waals surface area contributed by atoms with Crippen molar-refractivity contribution in [3.05, 3.63) is 47.5 Å². The third-order valence-corrected chi connectivity index (χ3v) is 4.46. The number of H-pyrrole nitrogens is 1. The van der Waals surface area contributed by atoms with Gasteiger partial charge in [-0.2, -0.15) is 0 Å². The Labute approximate surface area is 122 Å². The van der Waals surface area contributed by atoms with Gasteiger partial charge in [-0.15, -0.1) is 11.8 Å². The standard InChI is InChI=1S/C15H17N3OS/c19-15(17-8-13-7-16-10-18-13)9-20-14-5-4-11-2-1-3-12(11)6-14/h4-7,10H,1-3,8-9H2,(H,16,18)(H,17,19). The summed E-state index contributed by atoms with van der Waals surface area (Å²) in [7, 11) is 0. The highest BCUT2D eigenvalue weighted by Crippen LogP contribution is 2.27. The number of nitrogens with one attached hydrogen (secondary N) is 2. The first-order valence-corrected chi connectivity index (χ1v) is 7.78. The van der Waals surface area contributed by atoms with E-state index in [0.29, 0.717) is 12.3 Å². The zero-order chi connectivity index (χ0) is 13.8. The first-order valence-electron chi connectivity index (χ1n) is 6.80. The highest BCUT2D eigenvalue weighted by molar-refractivity contribution is 8.00. The molecule has 4 nitrogen and oxygen atoms in total. The van der Waals surface area contributed by atoms with Gasteiger partial charge in [0.05, 0.1) is 24.3 Å². The van der Waals surface area contributed by atoms with Crippen molar-refractivity contribution in [1.82, 2.24) is 15.3 Å². The summed E-state index contributed by atoms with van der Waals surface area (Å²) in [6.07, 6.45) is 6.96. The average Bonchev–Trinajstić information content (AvgIpc) is 3.13. The van der Waals surface area contributed by atoms with Gasteiger partial charge in [-0.05, 0) is 42.5 Å². The van der Waals surface area contributed by atoms with Gasteiger partial charge < -0.3 is 10.3 Å². The predicted molar refractivity (Wildman–Crippen MR) is 79.6 cm³/mol. The Bertz CT molecular complexity index is 595. The van der Waals surface area contributed by atoms with Crippen LogP contribution in [-0.4, -0.2) is 21.6 Å². The quantitative estimate of drug-likeness (QED) is 0.830. The molecule has 0 unspecified atom stereocenters. The topological polar surface area (TPSA) is 57.8 Å². The molecule has 1 heterocycles. The van der Waals surface area contributed by atoms with Crippen LogP contribution in [0, 0.1) is 0 Å². The number of thioether (sulfide) groups is 1. The zero-order valence-corrected chi connectivity index (χ0v) is 12.0. The van der Waals surface area contributed by atoms with Crippen LogP contribution in [0.3, 0.4) is 0 Å². The van der Waals surface area contributed by atoms with E-state index in [0.717, 1.165) is 5.69 Å². The molecule has 5 heteroatoms. The summed E-state index contributed by atoms with van der Waals surface area (Å²) in [5.41, 5.74) is 3.84. The van der Waals surface area contributed by atoms with Crippen LogP contribution in [0.4, 0.5) is 0 Å². The molecule has 0 saturated heterocycles. The average molecular weight is 287 g/mol. The minimum atomic E-state index is 0.0464. The second-order valence-electron chi connectivity index (χ2n) is 4.93. The summed E-state index contributed by atoms with van der Waals surface area (Å²) in [5, 5.41) is 2.88.